The molecule has 0 fully saturated rings. The lowest BCUT2D eigenvalue weighted by atomic mass is 9.97. The van der Waals surface area contributed by atoms with Crippen LogP contribution >= 0.6 is 23.1 Å². The van der Waals surface area contributed by atoms with Gasteiger partial charge in [-0.15, -0.1) is 23.1 Å². The van der Waals surface area contributed by atoms with E-state index in [9.17, 15) is 0 Å². The molecule has 0 bridgehead atoms. The van der Waals surface area contributed by atoms with E-state index in [0.29, 0.717) is 0 Å². The average molecular weight is 633 g/mol. The van der Waals surface area contributed by atoms with Crippen LogP contribution in [0.1, 0.15) is 44.7 Å². The molecule has 1 aliphatic heterocycles. The molecule has 0 aliphatic carbocycles. The molecule has 224 valence electrons. The fraction of sp³-hybridized carbons (Fsp3) is 0.0750. The van der Waals surface area contributed by atoms with Crippen LogP contribution in [-0.2, 0) is 0 Å². The van der Waals surface area contributed by atoms with Gasteiger partial charge in [-0.05, 0) is 63.4 Å². The van der Waals surface area contributed by atoms with Crippen LogP contribution in [0.2, 0.25) is 0 Å². The van der Waals surface area contributed by atoms with Crippen molar-refractivity contribution in [2.24, 2.45) is 16.5 Å². The standard InChI is InChI=1S/C40H32N4S2/c41-38(29-19-21-37-33(23-29)31-15-7-8-17-36(31)45-37)46-39(42)32-16-9-14-27-22-28(18-20-30(27)32)35-24-34(25-10-3-1-4-11-25)43-40(44-35)26-12-5-2-6-13-26/h1-24,38-40,43H,41-42H2. The normalized spacial score (nSPS) is 16.2. The summed E-state index contributed by atoms with van der Waals surface area (Å²) in [5, 5.41) is 7.86. The second-order valence-corrected chi connectivity index (χ2v) is 13.9. The lowest BCUT2D eigenvalue weighted by Crippen LogP contribution is -2.24. The Bertz CT molecular complexity index is 2260. The van der Waals surface area contributed by atoms with E-state index in [1.54, 1.807) is 11.8 Å². The van der Waals surface area contributed by atoms with Crippen LogP contribution in [0.15, 0.2) is 151 Å². The molecule has 2 heterocycles. The lowest BCUT2D eigenvalue weighted by Gasteiger charge is -2.25. The topological polar surface area (TPSA) is 76.4 Å². The molecule has 0 saturated carbocycles. The van der Waals surface area contributed by atoms with Gasteiger partial charge < -0.3 is 16.8 Å². The van der Waals surface area contributed by atoms with E-state index >= 15 is 0 Å². The maximum absolute atomic E-state index is 6.87. The second kappa shape index (κ2) is 12.2. The Morgan fingerprint density at radius 2 is 1.39 bits per heavy atom. The molecule has 8 rings (SSSR count). The zero-order valence-electron chi connectivity index (χ0n) is 25.0. The van der Waals surface area contributed by atoms with Gasteiger partial charge in [-0.2, -0.15) is 0 Å². The highest BCUT2D eigenvalue weighted by atomic mass is 32.2. The van der Waals surface area contributed by atoms with Crippen LogP contribution in [0.3, 0.4) is 0 Å². The van der Waals surface area contributed by atoms with Gasteiger partial charge in [0.1, 0.15) is 6.17 Å². The van der Waals surface area contributed by atoms with E-state index < -0.39 is 0 Å². The molecule has 46 heavy (non-hydrogen) atoms. The van der Waals surface area contributed by atoms with Crippen LogP contribution in [0.4, 0.5) is 0 Å². The predicted molar refractivity (Wildman–Crippen MR) is 198 cm³/mol. The summed E-state index contributed by atoms with van der Waals surface area (Å²) >= 11 is 3.40. The maximum Gasteiger partial charge on any atom is 0.145 e. The Morgan fingerprint density at radius 3 is 2.24 bits per heavy atom. The van der Waals surface area contributed by atoms with Crippen LogP contribution in [0.5, 0.6) is 0 Å². The monoisotopic (exact) mass is 632 g/mol. The maximum atomic E-state index is 6.87. The van der Waals surface area contributed by atoms with E-state index in [0.717, 1.165) is 50.0 Å². The molecule has 7 aromatic rings. The van der Waals surface area contributed by atoms with Crippen molar-refractivity contribution in [3.63, 3.8) is 0 Å². The number of aliphatic imine (C=N–C) groups is 1. The molecule has 4 nitrogen and oxygen atoms in total. The third-order valence-corrected chi connectivity index (χ3v) is 10.8. The molecule has 6 heteroatoms. The molecular formula is C40H32N4S2. The van der Waals surface area contributed by atoms with Crippen molar-refractivity contribution in [2.45, 2.75) is 16.9 Å². The van der Waals surface area contributed by atoms with Gasteiger partial charge in [-0.25, -0.2) is 0 Å². The van der Waals surface area contributed by atoms with Gasteiger partial charge in [-0.3, -0.25) is 4.99 Å². The molecular weight excluding hydrogens is 601 g/mol. The Morgan fingerprint density at radius 1 is 0.630 bits per heavy atom. The zero-order chi connectivity index (χ0) is 31.0. The minimum atomic E-state index is -0.289. The first-order valence-corrected chi connectivity index (χ1v) is 17.1. The number of hydrogen-bond donors (Lipinski definition) is 3. The average Bonchev–Trinajstić information content (AvgIpc) is 3.49. The Balaban J connectivity index is 1.10. The summed E-state index contributed by atoms with van der Waals surface area (Å²) in [5.41, 5.74) is 21.1. The summed E-state index contributed by atoms with van der Waals surface area (Å²) in [7, 11) is 0. The molecule has 1 aromatic heterocycles. The molecule has 0 saturated heterocycles. The van der Waals surface area contributed by atoms with Gasteiger partial charge in [-0.1, -0.05) is 115 Å². The summed E-state index contributed by atoms with van der Waals surface area (Å²) in [5.74, 6) is 0. The first-order chi connectivity index (χ1) is 22.6. The number of benzene rings is 6. The molecule has 3 atom stereocenters. The molecule has 6 aromatic carbocycles. The second-order valence-electron chi connectivity index (χ2n) is 11.5. The van der Waals surface area contributed by atoms with Gasteiger partial charge in [0, 0.05) is 31.4 Å². The zero-order valence-corrected chi connectivity index (χ0v) is 26.6. The first-order valence-electron chi connectivity index (χ1n) is 15.4. The number of thioether (sulfide) groups is 1. The van der Waals surface area contributed by atoms with Crippen LogP contribution in [-0.4, -0.2) is 5.71 Å². The number of hydrogen-bond acceptors (Lipinski definition) is 6. The molecule has 5 N–H and O–H groups in total. The van der Waals surface area contributed by atoms with Gasteiger partial charge >= 0.3 is 0 Å². The van der Waals surface area contributed by atoms with Crippen LogP contribution < -0.4 is 16.8 Å². The van der Waals surface area contributed by atoms with Crippen molar-refractivity contribution in [3.05, 3.63) is 173 Å². The fourth-order valence-electron chi connectivity index (χ4n) is 6.22. The highest BCUT2D eigenvalue weighted by Crippen LogP contribution is 2.40. The van der Waals surface area contributed by atoms with E-state index in [2.05, 4.69) is 139 Å². The molecule has 0 spiro atoms. The van der Waals surface area contributed by atoms with E-state index in [-0.39, 0.29) is 16.9 Å². The number of nitrogens with one attached hydrogen (secondary N) is 1. The van der Waals surface area contributed by atoms with Crippen LogP contribution in [0, 0.1) is 0 Å². The summed E-state index contributed by atoms with van der Waals surface area (Å²) in [4.78, 5) is 5.16. The largest absolute Gasteiger partial charge is 0.360 e. The minimum absolute atomic E-state index is 0.184. The Labute approximate surface area is 276 Å². The quantitative estimate of drug-likeness (QED) is 0.153. The highest BCUT2D eigenvalue weighted by molar-refractivity contribution is 7.99. The van der Waals surface area contributed by atoms with E-state index in [1.807, 2.05) is 23.5 Å². The van der Waals surface area contributed by atoms with Gasteiger partial charge in [0.2, 0.25) is 0 Å². The number of nitrogens with zero attached hydrogens (tertiary/aromatic N) is 1. The predicted octanol–water partition coefficient (Wildman–Crippen LogP) is 9.69. The van der Waals surface area contributed by atoms with Crippen molar-refractivity contribution in [1.29, 1.82) is 0 Å². The van der Waals surface area contributed by atoms with Gasteiger partial charge in [0.05, 0.1) is 16.5 Å². The number of allylic oxidation sites excluding steroid dienone is 1. The summed E-state index contributed by atoms with van der Waals surface area (Å²) < 4.78 is 2.57. The fourth-order valence-corrected chi connectivity index (χ4v) is 8.27. The molecule has 0 amide bonds. The first kappa shape index (κ1) is 28.7. The third-order valence-electron chi connectivity index (χ3n) is 8.58. The van der Waals surface area contributed by atoms with Crippen molar-refractivity contribution in [2.75, 3.05) is 0 Å². The van der Waals surface area contributed by atoms with Gasteiger partial charge in [0.25, 0.3) is 0 Å². The minimum Gasteiger partial charge on any atom is -0.360 e. The lowest BCUT2D eigenvalue weighted by molar-refractivity contribution is 0.664. The summed E-state index contributed by atoms with van der Waals surface area (Å²) in [6, 6.07) is 48.8. The Hall–Kier alpha value is -4.72. The van der Waals surface area contributed by atoms with E-state index in [4.69, 9.17) is 16.5 Å². The van der Waals surface area contributed by atoms with Crippen LogP contribution in [0.25, 0.3) is 36.6 Å². The van der Waals surface area contributed by atoms with Crippen molar-refractivity contribution in [1.82, 2.24) is 5.32 Å². The highest BCUT2D eigenvalue weighted by Gasteiger charge is 2.21. The Kier molecular flexibility index (Phi) is 7.64. The number of nitrogens with two attached hydrogens (primary N) is 2. The SMILES string of the molecule is NC(SC(N)c1cccc2cc(C3=NC(c4ccccc4)NC(c4ccccc4)=C3)ccc12)c1ccc2sc3ccccc3c2c1. The van der Waals surface area contributed by atoms with Gasteiger partial charge in [0.15, 0.2) is 0 Å². The molecule has 1 aliphatic rings. The third kappa shape index (κ3) is 5.50. The summed E-state index contributed by atoms with van der Waals surface area (Å²) in [6.45, 7) is 0. The van der Waals surface area contributed by atoms with Crippen molar-refractivity contribution in [3.8, 4) is 0 Å². The smallest absolute Gasteiger partial charge is 0.145 e. The summed E-state index contributed by atoms with van der Waals surface area (Å²) in [6.07, 6.45) is 1.96. The molecule has 3 unspecified atom stereocenters. The van der Waals surface area contributed by atoms with E-state index in [1.165, 1.54) is 20.2 Å². The van der Waals surface area contributed by atoms with Crippen molar-refractivity contribution >= 4 is 65.5 Å². The molecule has 0 radical (unpaired) electrons. The number of fused-ring (bicyclic) bond motifs is 4. The van der Waals surface area contributed by atoms with Crippen molar-refractivity contribution < 1.29 is 0 Å². The number of rotatable bonds is 7. The number of thiophene rings is 1.